The smallest absolute Gasteiger partial charge is 0.0165 e. The molecular formula is C29H26. The summed E-state index contributed by atoms with van der Waals surface area (Å²) in [5, 5.41) is 8.14. The zero-order chi connectivity index (χ0) is 20.2. The monoisotopic (exact) mass is 374 g/mol. The van der Waals surface area contributed by atoms with Gasteiger partial charge in [-0.15, -0.1) is 0 Å². The molecule has 29 heavy (non-hydrogen) atoms. The molecule has 0 N–H and O–H groups in total. The molecule has 6 rings (SSSR count). The topological polar surface area (TPSA) is 0 Å². The molecule has 0 saturated heterocycles. The third-order valence-corrected chi connectivity index (χ3v) is 6.40. The molecule has 0 nitrogen and oxygen atoms in total. The van der Waals surface area contributed by atoms with Crippen LogP contribution in [-0.2, 0) is 5.41 Å². The highest BCUT2D eigenvalue weighted by molar-refractivity contribution is 6.17. The van der Waals surface area contributed by atoms with E-state index in [1.165, 1.54) is 54.6 Å². The van der Waals surface area contributed by atoms with E-state index in [0.717, 1.165) is 0 Å². The summed E-state index contributed by atoms with van der Waals surface area (Å²) >= 11 is 0. The van der Waals surface area contributed by atoms with E-state index >= 15 is 0 Å². The van der Waals surface area contributed by atoms with Crippen molar-refractivity contribution in [2.45, 2.75) is 33.1 Å². The van der Waals surface area contributed by atoms with Crippen molar-refractivity contribution in [1.82, 2.24) is 0 Å². The zero-order valence-electron chi connectivity index (χ0n) is 17.6. The van der Waals surface area contributed by atoms with Gasteiger partial charge < -0.3 is 0 Å². The average Bonchev–Trinajstić information content (AvgIpc) is 2.78. The Kier molecular flexibility index (Phi) is 3.99. The molecule has 0 aliphatic heterocycles. The molecule has 5 aromatic carbocycles. The fourth-order valence-electron chi connectivity index (χ4n) is 5.20. The van der Waals surface area contributed by atoms with Gasteiger partial charge in [0.2, 0.25) is 0 Å². The first kappa shape index (κ1) is 17.9. The molecule has 0 spiro atoms. The van der Waals surface area contributed by atoms with Gasteiger partial charge in [-0.25, -0.2) is 0 Å². The van der Waals surface area contributed by atoms with E-state index < -0.39 is 0 Å². The predicted molar refractivity (Wildman–Crippen MR) is 128 cm³/mol. The van der Waals surface area contributed by atoms with Gasteiger partial charge in [-0.3, -0.25) is 0 Å². The highest BCUT2D eigenvalue weighted by Crippen LogP contribution is 2.52. The van der Waals surface area contributed by atoms with E-state index in [4.69, 9.17) is 0 Å². The summed E-state index contributed by atoms with van der Waals surface area (Å²) in [4.78, 5) is 0. The lowest BCUT2D eigenvalue weighted by molar-refractivity contribution is 0.651. The lowest BCUT2D eigenvalue weighted by atomic mass is 9.66. The maximum Gasteiger partial charge on any atom is 0.0165 e. The fourth-order valence-corrected chi connectivity index (χ4v) is 5.20. The molecule has 0 atom stereocenters. The quantitative estimate of drug-likeness (QED) is 0.238. The predicted octanol–water partition coefficient (Wildman–Crippen LogP) is 8.48. The molecule has 0 saturated carbocycles. The van der Waals surface area contributed by atoms with E-state index in [-0.39, 0.29) is 5.41 Å². The van der Waals surface area contributed by atoms with Crippen LogP contribution in [0.3, 0.4) is 0 Å². The van der Waals surface area contributed by atoms with E-state index in [2.05, 4.69) is 98.8 Å². The zero-order valence-corrected chi connectivity index (χ0v) is 17.6. The van der Waals surface area contributed by atoms with Crippen LogP contribution >= 0.6 is 0 Å². The SMILES string of the molecule is CC.CC1(C)c2c(ccc3ccccc23)-c2cc3ccccc3c3cccc1c23. The van der Waals surface area contributed by atoms with E-state index in [9.17, 15) is 0 Å². The molecule has 0 bridgehead atoms. The summed E-state index contributed by atoms with van der Waals surface area (Å²) in [6.45, 7) is 8.76. The van der Waals surface area contributed by atoms with Crippen molar-refractivity contribution in [3.8, 4) is 11.1 Å². The van der Waals surface area contributed by atoms with Crippen LogP contribution in [0.2, 0.25) is 0 Å². The second kappa shape index (κ2) is 6.46. The van der Waals surface area contributed by atoms with Crippen molar-refractivity contribution in [3.63, 3.8) is 0 Å². The van der Waals surface area contributed by atoms with Gasteiger partial charge in [-0.05, 0) is 60.6 Å². The Balaban J connectivity index is 0.000000882. The van der Waals surface area contributed by atoms with Gasteiger partial charge in [0.25, 0.3) is 0 Å². The number of hydrogen-bond acceptors (Lipinski definition) is 0. The number of rotatable bonds is 0. The van der Waals surface area contributed by atoms with E-state index in [1.807, 2.05) is 13.8 Å². The summed E-state index contributed by atoms with van der Waals surface area (Å²) in [6, 6.07) is 31.4. The third kappa shape index (κ3) is 2.39. The molecule has 0 unspecified atom stereocenters. The summed E-state index contributed by atoms with van der Waals surface area (Å²) in [5.74, 6) is 0. The molecular weight excluding hydrogens is 348 g/mol. The number of fused-ring (bicyclic) bond motifs is 6. The largest absolute Gasteiger partial charge is 0.0683 e. The highest BCUT2D eigenvalue weighted by Gasteiger charge is 2.35. The van der Waals surface area contributed by atoms with E-state index in [0.29, 0.717) is 0 Å². The third-order valence-electron chi connectivity index (χ3n) is 6.40. The molecule has 0 heteroatoms. The summed E-state index contributed by atoms with van der Waals surface area (Å²) in [5.41, 5.74) is 5.61. The Hall–Kier alpha value is -3.12. The lowest BCUT2D eigenvalue weighted by Gasteiger charge is -2.36. The van der Waals surface area contributed by atoms with Crippen LogP contribution < -0.4 is 0 Å². The Labute approximate surface area is 172 Å². The normalized spacial score (nSPS) is 13.8. The van der Waals surface area contributed by atoms with Crippen molar-refractivity contribution in [3.05, 3.63) is 96.1 Å². The maximum absolute atomic E-state index is 2.39. The van der Waals surface area contributed by atoms with Crippen LogP contribution in [0.5, 0.6) is 0 Å². The van der Waals surface area contributed by atoms with Crippen LogP contribution in [0.15, 0.2) is 84.9 Å². The second-order valence-corrected chi connectivity index (χ2v) is 8.21. The average molecular weight is 375 g/mol. The summed E-state index contributed by atoms with van der Waals surface area (Å²) in [6.07, 6.45) is 0. The Bertz CT molecular complexity index is 1390. The van der Waals surface area contributed by atoms with Crippen LogP contribution in [0, 0.1) is 0 Å². The standard InChI is InChI=1S/C27H20.C2H6/c1-27(2)24-13-7-12-21-19-10-5-4-9-18(19)16-23(25(21)24)22-15-14-17-8-3-6-11-20(17)26(22)27;1-2/h3-16H,1-2H3;1-2H3. The molecule has 0 radical (unpaired) electrons. The fraction of sp³-hybridized carbons (Fsp3) is 0.172. The van der Waals surface area contributed by atoms with Crippen molar-refractivity contribution in [2.24, 2.45) is 0 Å². The Morgan fingerprint density at radius 2 is 1.21 bits per heavy atom. The first-order chi connectivity index (χ1) is 14.2. The van der Waals surface area contributed by atoms with Crippen LogP contribution in [0.1, 0.15) is 38.8 Å². The molecule has 0 fully saturated rings. The Morgan fingerprint density at radius 3 is 2.00 bits per heavy atom. The van der Waals surface area contributed by atoms with Gasteiger partial charge in [0.15, 0.2) is 0 Å². The summed E-state index contributed by atoms with van der Waals surface area (Å²) in [7, 11) is 0. The van der Waals surface area contributed by atoms with Gasteiger partial charge in [-0.2, -0.15) is 0 Å². The van der Waals surface area contributed by atoms with Gasteiger partial charge in [0.05, 0.1) is 0 Å². The van der Waals surface area contributed by atoms with Gasteiger partial charge in [0, 0.05) is 5.41 Å². The first-order valence-corrected chi connectivity index (χ1v) is 10.6. The minimum absolute atomic E-state index is 0.0365. The van der Waals surface area contributed by atoms with Crippen LogP contribution in [0.25, 0.3) is 43.4 Å². The molecule has 142 valence electrons. The van der Waals surface area contributed by atoms with Crippen molar-refractivity contribution in [1.29, 1.82) is 0 Å². The molecule has 5 aromatic rings. The van der Waals surface area contributed by atoms with Crippen LogP contribution in [0.4, 0.5) is 0 Å². The van der Waals surface area contributed by atoms with Crippen molar-refractivity contribution < 1.29 is 0 Å². The molecule has 0 amide bonds. The first-order valence-electron chi connectivity index (χ1n) is 10.6. The second-order valence-electron chi connectivity index (χ2n) is 8.21. The summed E-state index contributed by atoms with van der Waals surface area (Å²) < 4.78 is 0. The van der Waals surface area contributed by atoms with Crippen LogP contribution in [-0.4, -0.2) is 0 Å². The molecule has 1 aliphatic rings. The molecule has 0 aromatic heterocycles. The van der Waals surface area contributed by atoms with E-state index in [1.54, 1.807) is 0 Å². The number of benzene rings is 5. The van der Waals surface area contributed by atoms with Crippen molar-refractivity contribution >= 4 is 32.3 Å². The lowest BCUT2D eigenvalue weighted by Crippen LogP contribution is -2.24. The van der Waals surface area contributed by atoms with Gasteiger partial charge in [-0.1, -0.05) is 107 Å². The maximum atomic E-state index is 2.39. The molecule has 1 aliphatic carbocycles. The van der Waals surface area contributed by atoms with Gasteiger partial charge in [0.1, 0.15) is 0 Å². The minimum Gasteiger partial charge on any atom is -0.0683 e. The number of hydrogen-bond donors (Lipinski definition) is 0. The van der Waals surface area contributed by atoms with Gasteiger partial charge >= 0.3 is 0 Å². The molecule has 0 heterocycles. The minimum atomic E-state index is -0.0365. The Morgan fingerprint density at radius 1 is 0.552 bits per heavy atom. The highest BCUT2D eigenvalue weighted by atomic mass is 14.4. The van der Waals surface area contributed by atoms with Crippen molar-refractivity contribution in [2.75, 3.05) is 0 Å².